The normalized spacial score (nSPS) is 22.8. The maximum absolute atomic E-state index is 11.9. The van der Waals surface area contributed by atoms with Gasteiger partial charge in [0.1, 0.15) is 60.1 Å². The standard InChI is InChI=1S/C26H26O13/c1-2-35-20(30)10-21(31)36-11-19-22(32)23(33)24(34)26(39-19)38-18-9-15-16(29)7-14(28)8-17(15)37-25(18)12-3-5-13(27)6-4-12/h3-9,19,22-24,26,32-34H,2,10-11H2,1H3,(H2-,27,28,29)/p+1/t19-,22-,23+,24-,26-/m1/s1. The maximum Gasteiger partial charge on any atom is 0.402 e. The molecule has 3 aromatic rings. The number of ether oxygens (including phenoxy) is 4. The number of aromatic hydroxyl groups is 3. The van der Waals surface area contributed by atoms with Crippen molar-refractivity contribution >= 4 is 22.9 Å². The molecule has 1 aliphatic heterocycles. The number of rotatable bonds is 8. The van der Waals surface area contributed by atoms with Crippen LogP contribution in [0.25, 0.3) is 22.3 Å². The van der Waals surface area contributed by atoms with E-state index in [9.17, 15) is 40.2 Å². The molecule has 0 amide bonds. The summed E-state index contributed by atoms with van der Waals surface area (Å²) >= 11 is 0. The molecule has 0 bridgehead atoms. The Morgan fingerprint density at radius 1 is 0.897 bits per heavy atom. The predicted molar refractivity (Wildman–Crippen MR) is 131 cm³/mol. The third-order valence-corrected chi connectivity index (χ3v) is 5.86. The summed E-state index contributed by atoms with van der Waals surface area (Å²) in [5.74, 6) is -2.44. The molecule has 0 unspecified atom stereocenters. The number of phenolic OH excluding ortho intramolecular Hbond substituents is 3. The zero-order valence-corrected chi connectivity index (χ0v) is 20.6. The highest BCUT2D eigenvalue weighted by Crippen LogP contribution is 2.40. The van der Waals surface area contributed by atoms with Crippen molar-refractivity contribution in [1.82, 2.24) is 0 Å². The average molecular weight is 547 g/mol. The lowest BCUT2D eigenvalue weighted by Gasteiger charge is -2.39. The number of esters is 2. The van der Waals surface area contributed by atoms with Crippen LogP contribution in [-0.2, 0) is 23.8 Å². The fourth-order valence-corrected chi connectivity index (χ4v) is 3.92. The van der Waals surface area contributed by atoms with Crippen LogP contribution in [0.15, 0.2) is 46.9 Å². The molecular weight excluding hydrogens is 520 g/mol. The van der Waals surface area contributed by atoms with Crippen LogP contribution in [0.4, 0.5) is 0 Å². The summed E-state index contributed by atoms with van der Waals surface area (Å²) in [4.78, 5) is 23.4. The van der Waals surface area contributed by atoms with Crippen molar-refractivity contribution in [3.63, 3.8) is 0 Å². The minimum Gasteiger partial charge on any atom is -0.508 e. The van der Waals surface area contributed by atoms with Gasteiger partial charge in [-0.1, -0.05) is 0 Å². The van der Waals surface area contributed by atoms with E-state index in [-0.39, 0.29) is 46.3 Å². The average Bonchev–Trinajstić information content (AvgIpc) is 2.88. The van der Waals surface area contributed by atoms with Gasteiger partial charge in [0.25, 0.3) is 0 Å². The lowest BCUT2D eigenvalue weighted by molar-refractivity contribution is -0.278. The van der Waals surface area contributed by atoms with E-state index in [1.54, 1.807) is 6.92 Å². The molecule has 1 aromatic heterocycles. The van der Waals surface area contributed by atoms with Crippen molar-refractivity contribution in [3.05, 3.63) is 42.5 Å². The lowest BCUT2D eigenvalue weighted by atomic mass is 9.99. The second kappa shape index (κ2) is 11.7. The van der Waals surface area contributed by atoms with Crippen LogP contribution in [0.1, 0.15) is 13.3 Å². The monoisotopic (exact) mass is 547 g/mol. The topological polar surface area (TPSA) is 204 Å². The van der Waals surface area contributed by atoms with E-state index in [0.717, 1.165) is 6.07 Å². The van der Waals surface area contributed by atoms with Gasteiger partial charge in [0.05, 0.1) is 18.2 Å². The zero-order valence-electron chi connectivity index (χ0n) is 20.6. The highest BCUT2D eigenvalue weighted by molar-refractivity contribution is 5.91. The molecule has 13 heteroatoms. The largest absolute Gasteiger partial charge is 0.508 e. The van der Waals surface area contributed by atoms with Gasteiger partial charge in [-0.2, -0.15) is 0 Å². The van der Waals surface area contributed by atoms with Gasteiger partial charge in [0.2, 0.25) is 12.0 Å². The summed E-state index contributed by atoms with van der Waals surface area (Å²) in [7, 11) is 0. The predicted octanol–water partition coefficient (Wildman–Crippen LogP) is 1.18. The smallest absolute Gasteiger partial charge is 0.402 e. The van der Waals surface area contributed by atoms with E-state index in [4.69, 9.17) is 18.6 Å². The van der Waals surface area contributed by atoms with Gasteiger partial charge in [-0.15, -0.1) is 0 Å². The molecule has 4 rings (SSSR count). The first kappa shape index (κ1) is 27.9. The van der Waals surface area contributed by atoms with Gasteiger partial charge in [0, 0.05) is 12.1 Å². The van der Waals surface area contributed by atoms with Gasteiger partial charge in [-0.25, -0.2) is 4.42 Å². The van der Waals surface area contributed by atoms with Crippen LogP contribution in [0.2, 0.25) is 0 Å². The number of fused-ring (bicyclic) bond motifs is 1. The summed E-state index contributed by atoms with van der Waals surface area (Å²) in [6.07, 6.45) is -8.89. The molecule has 0 aliphatic carbocycles. The van der Waals surface area contributed by atoms with Crippen LogP contribution in [-0.4, -0.2) is 86.5 Å². The van der Waals surface area contributed by atoms with Crippen LogP contribution in [0.3, 0.4) is 0 Å². The molecular formula is C26H27O13+. The number of phenols is 3. The molecule has 0 spiro atoms. The molecule has 1 aliphatic rings. The Balaban J connectivity index is 1.62. The molecule has 5 atom stereocenters. The number of hydrogen-bond donors (Lipinski definition) is 6. The number of benzene rings is 2. The van der Waals surface area contributed by atoms with E-state index in [2.05, 4.69) is 4.74 Å². The molecule has 1 saturated heterocycles. The number of carbonyl (C=O) groups is 2. The summed E-state index contributed by atoms with van der Waals surface area (Å²) in [6, 6.07) is 9.44. The third kappa shape index (κ3) is 6.29. The van der Waals surface area contributed by atoms with E-state index < -0.39 is 55.7 Å². The highest BCUT2D eigenvalue weighted by Gasteiger charge is 2.46. The van der Waals surface area contributed by atoms with Gasteiger partial charge in [-0.05, 0) is 31.2 Å². The van der Waals surface area contributed by atoms with Gasteiger partial charge in [0.15, 0.2) is 0 Å². The molecule has 6 N–H and O–H groups in total. The second-order valence-corrected chi connectivity index (χ2v) is 8.66. The Kier molecular flexibility index (Phi) is 8.35. The van der Waals surface area contributed by atoms with E-state index in [1.165, 1.54) is 36.4 Å². The number of hydrogen-bond acceptors (Lipinski definition) is 12. The van der Waals surface area contributed by atoms with E-state index in [0.29, 0.717) is 5.56 Å². The quantitative estimate of drug-likeness (QED) is 0.133. The molecule has 0 saturated carbocycles. The van der Waals surface area contributed by atoms with Gasteiger partial charge < -0.3 is 49.6 Å². The Morgan fingerprint density at radius 2 is 1.59 bits per heavy atom. The van der Waals surface area contributed by atoms with Crippen LogP contribution >= 0.6 is 0 Å². The SMILES string of the molecule is CCOC(=O)CC(=O)OC[C@H]1O[C@@H](Oc2cc3c(O)cc(O)cc3[o+]c2-c2ccc(O)cc2)[C@H](O)[C@@H](O)[C@@H]1O. The molecule has 13 nitrogen and oxygen atoms in total. The van der Waals surface area contributed by atoms with Crippen LogP contribution < -0.4 is 4.74 Å². The highest BCUT2D eigenvalue weighted by atomic mass is 16.7. The molecule has 0 radical (unpaired) electrons. The number of carbonyl (C=O) groups excluding carboxylic acids is 2. The van der Waals surface area contributed by atoms with Crippen molar-refractivity contribution in [2.24, 2.45) is 0 Å². The summed E-state index contributed by atoms with van der Waals surface area (Å²) in [5, 5.41) is 61.3. The van der Waals surface area contributed by atoms with Crippen molar-refractivity contribution < 1.29 is 63.6 Å². The van der Waals surface area contributed by atoms with Crippen LogP contribution in [0.5, 0.6) is 23.0 Å². The first-order valence-electron chi connectivity index (χ1n) is 11.9. The Labute approximate surface area is 221 Å². The van der Waals surface area contributed by atoms with Gasteiger partial charge >= 0.3 is 23.3 Å². The Bertz CT molecular complexity index is 1340. The van der Waals surface area contributed by atoms with Crippen molar-refractivity contribution in [1.29, 1.82) is 0 Å². The van der Waals surface area contributed by atoms with E-state index >= 15 is 0 Å². The molecule has 1 fully saturated rings. The van der Waals surface area contributed by atoms with Gasteiger partial charge in [-0.3, -0.25) is 9.59 Å². The summed E-state index contributed by atoms with van der Waals surface area (Å²) < 4.78 is 27.0. The minimum absolute atomic E-state index is 0.0270. The zero-order chi connectivity index (χ0) is 28.3. The third-order valence-electron chi connectivity index (χ3n) is 5.86. The maximum atomic E-state index is 11.9. The molecule has 2 heterocycles. The molecule has 39 heavy (non-hydrogen) atoms. The van der Waals surface area contributed by atoms with Crippen molar-refractivity contribution in [2.45, 2.75) is 44.1 Å². The Hall–Kier alpha value is -4.17. The van der Waals surface area contributed by atoms with Crippen LogP contribution in [0, 0.1) is 0 Å². The molecule has 208 valence electrons. The summed E-state index contributed by atoms with van der Waals surface area (Å²) in [5.41, 5.74) is 0.470. The fourth-order valence-electron chi connectivity index (χ4n) is 3.92. The lowest BCUT2D eigenvalue weighted by Crippen LogP contribution is -2.60. The Morgan fingerprint density at radius 3 is 2.28 bits per heavy atom. The minimum atomic E-state index is -1.78. The fraction of sp³-hybridized carbons (Fsp3) is 0.346. The second-order valence-electron chi connectivity index (χ2n) is 8.66. The number of aliphatic hydroxyl groups is 3. The molecule has 2 aromatic carbocycles. The first-order chi connectivity index (χ1) is 18.6. The van der Waals surface area contributed by atoms with Crippen molar-refractivity contribution in [2.75, 3.05) is 13.2 Å². The first-order valence-corrected chi connectivity index (χ1v) is 11.9. The number of aliphatic hydroxyl groups excluding tert-OH is 3. The van der Waals surface area contributed by atoms with E-state index in [1.807, 2.05) is 0 Å². The van der Waals surface area contributed by atoms with Crippen molar-refractivity contribution in [3.8, 4) is 34.3 Å². The summed E-state index contributed by atoms with van der Waals surface area (Å²) in [6.45, 7) is 1.06.